The number of rotatable bonds is 1. The number of pyridine rings is 1. The zero-order valence-corrected chi connectivity index (χ0v) is 8.77. The predicted octanol–water partition coefficient (Wildman–Crippen LogP) is 2.71. The Balaban J connectivity index is 2.31. The van der Waals surface area contributed by atoms with Crippen LogP contribution >= 0.6 is 27.5 Å². The molecule has 0 atom stereocenters. The van der Waals surface area contributed by atoms with Crippen molar-refractivity contribution in [3.63, 3.8) is 0 Å². The summed E-state index contributed by atoms with van der Waals surface area (Å²) >= 11 is 9.32. The van der Waals surface area contributed by atoms with Crippen LogP contribution in [0.5, 0.6) is 0 Å². The lowest BCUT2D eigenvalue weighted by Gasteiger charge is -2.32. The smallest absolute Gasteiger partial charge is 0.147 e. The molecular formula is C8H8BrClN2. The number of nitrogens with zero attached hydrogens (tertiary/aromatic N) is 2. The van der Waals surface area contributed by atoms with E-state index in [0.29, 0.717) is 0 Å². The molecule has 1 aromatic rings. The van der Waals surface area contributed by atoms with E-state index >= 15 is 0 Å². The first-order valence-corrected chi connectivity index (χ1v) is 5.00. The third kappa shape index (κ3) is 1.43. The Labute approximate surface area is 84.7 Å². The number of halogens is 2. The van der Waals surface area contributed by atoms with E-state index in [1.807, 2.05) is 6.07 Å². The first-order valence-electron chi connectivity index (χ1n) is 3.83. The van der Waals surface area contributed by atoms with Gasteiger partial charge in [-0.3, -0.25) is 0 Å². The van der Waals surface area contributed by atoms with Gasteiger partial charge < -0.3 is 4.90 Å². The van der Waals surface area contributed by atoms with Crippen LogP contribution in [0.3, 0.4) is 0 Å². The van der Waals surface area contributed by atoms with Gasteiger partial charge in [-0.05, 0) is 28.4 Å². The third-order valence-corrected chi connectivity index (χ3v) is 2.66. The summed E-state index contributed by atoms with van der Waals surface area (Å²) in [6.45, 7) is 2.16. The second kappa shape index (κ2) is 3.23. The fourth-order valence-electron chi connectivity index (χ4n) is 1.17. The predicted molar refractivity (Wildman–Crippen MR) is 53.8 cm³/mol. The van der Waals surface area contributed by atoms with E-state index in [4.69, 9.17) is 11.6 Å². The van der Waals surface area contributed by atoms with Gasteiger partial charge in [0.2, 0.25) is 0 Å². The summed E-state index contributed by atoms with van der Waals surface area (Å²) in [6.07, 6.45) is 3.02. The quantitative estimate of drug-likeness (QED) is 0.758. The molecule has 0 amide bonds. The lowest BCUT2D eigenvalue weighted by molar-refractivity contribution is 0.610. The van der Waals surface area contributed by atoms with Crippen molar-refractivity contribution in [3.05, 3.63) is 21.8 Å². The molecule has 0 aliphatic carbocycles. The average Bonchev–Trinajstić information content (AvgIpc) is 1.91. The van der Waals surface area contributed by atoms with Crippen molar-refractivity contribution >= 4 is 33.3 Å². The van der Waals surface area contributed by atoms with Gasteiger partial charge in [-0.1, -0.05) is 11.6 Å². The van der Waals surface area contributed by atoms with Gasteiger partial charge in [0, 0.05) is 23.8 Å². The molecule has 0 N–H and O–H groups in total. The van der Waals surface area contributed by atoms with E-state index in [1.165, 1.54) is 6.42 Å². The van der Waals surface area contributed by atoms with Crippen molar-refractivity contribution < 1.29 is 0 Å². The summed E-state index contributed by atoms with van der Waals surface area (Å²) in [5.74, 6) is 0.908. The number of anilines is 1. The van der Waals surface area contributed by atoms with Gasteiger partial charge in [-0.25, -0.2) is 4.98 Å². The first-order chi connectivity index (χ1) is 5.77. The monoisotopic (exact) mass is 246 g/mol. The van der Waals surface area contributed by atoms with E-state index in [2.05, 4.69) is 25.8 Å². The summed E-state index contributed by atoms with van der Waals surface area (Å²) in [6, 6.07) is 1.88. The van der Waals surface area contributed by atoms with Crippen LogP contribution in [-0.2, 0) is 0 Å². The van der Waals surface area contributed by atoms with Gasteiger partial charge in [-0.2, -0.15) is 0 Å². The van der Waals surface area contributed by atoms with Crippen molar-refractivity contribution in [2.24, 2.45) is 0 Å². The molecule has 1 fully saturated rings. The topological polar surface area (TPSA) is 16.1 Å². The molecule has 0 spiro atoms. The normalized spacial score (nSPS) is 16.0. The van der Waals surface area contributed by atoms with Crippen LogP contribution in [0.2, 0.25) is 5.02 Å². The van der Waals surface area contributed by atoms with Gasteiger partial charge in [0.05, 0.1) is 5.02 Å². The standard InChI is InChI=1S/C8H8BrClN2/c9-6-4-7(10)8(11-5-6)12-2-1-3-12/h4-5H,1-3H2. The van der Waals surface area contributed by atoms with Crippen LogP contribution in [0.4, 0.5) is 5.82 Å². The zero-order chi connectivity index (χ0) is 8.55. The van der Waals surface area contributed by atoms with Gasteiger partial charge >= 0.3 is 0 Å². The molecule has 1 aromatic heterocycles. The highest BCUT2D eigenvalue weighted by Crippen LogP contribution is 2.28. The highest BCUT2D eigenvalue weighted by Gasteiger charge is 2.18. The van der Waals surface area contributed by atoms with Crippen LogP contribution in [0.25, 0.3) is 0 Å². The van der Waals surface area contributed by atoms with Crippen molar-refractivity contribution in [1.82, 2.24) is 4.98 Å². The molecule has 0 unspecified atom stereocenters. The third-order valence-electron chi connectivity index (χ3n) is 1.94. The van der Waals surface area contributed by atoms with Gasteiger partial charge in [0.15, 0.2) is 0 Å². The summed E-state index contributed by atoms with van der Waals surface area (Å²) in [5.41, 5.74) is 0. The summed E-state index contributed by atoms with van der Waals surface area (Å²) in [7, 11) is 0. The van der Waals surface area contributed by atoms with Crippen LogP contribution in [0, 0.1) is 0 Å². The molecule has 0 radical (unpaired) electrons. The SMILES string of the molecule is Clc1cc(Br)cnc1N1CCC1. The summed E-state index contributed by atoms with van der Waals surface area (Å²) in [5, 5.41) is 0.726. The average molecular weight is 248 g/mol. The molecule has 0 saturated carbocycles. The molecule has 2 nitrogen and oxygen atoms in total. The van der Waals surface area contributed by atoms with E-state index in [9.17, 15) is 0 Å². The molecule has 0 bridgehead atoms. The molecule has 1 aliphatic rings. The molecule has 4 heteroatoms. The minimum atomic E-state index is 0.726. The Morgan fingerprint density at radius 3 is 2.75 bits per heavy atom. The minimum Gasteiger partial charge on any atom is -0.355 e. The molecule has 1 aliphatic heterocycles. The molecule has 2 rings (SSSR count). The molecule has 2 heterocycles. The maximum Gasteiger partial charge on any atom is 0.147 e. The Hall–Kier alpha value is -0.280. The minimum absolute atomic E-state index is 0.726. The Morgan fingerprint density at radius 2 is 2.25 bits per heavy atom. The van der Waals surface area contributed by atoms with Gasteiger partial charge in [0.1, 0.15) is 5.82 Å². The summed E-state index contributed by atoms with van der Waals surface area (Å²) in [4.78, 5) is 6.42. The van der Waals surface area contributed by atoms with Crippen LogP contribution in [0.15, 0.2) is 16.7 Å². The zero-order valence-electron chi connectivity index (χ0n) is 6.43. The van der Waals surface area contributed by atoms with Crippen LogP contribution in [-0.4, -0.2) is 18.1 Å². The van der Waals surface area contributed by atoms with Crippen molar-refractivity contribution in [1.29, 1.82) is 0 Å². The summed E-state index contributed by atoms with van der Waals surface area (Å²) < 4.78 is 0.928. The van der Waals surface area contributed by atoms with Crippen LogP contribution < -0.4 is 4.90 Å². The van der Waals surface area contributed by atoms with Crippen molar-refractivity contribution in [3.8, 4) is 0 Å². The van der Waals surface area contributed by atoms with E-state index < -0.39 is 0 Å². The maximum atomic E-state index is 6.00. The number of hydrogen-bond acceptors (Lipinski definition) is 2. The Kier molecular flexibility index (Phi) is 2.24. The fraction of sp³-hybridized carbons (Fsp3) is 0.375. The van der Waals surface area contributed by atoms with Crippen molar-refractivity contribution in [2.45, 2.75) is 6.42 Å². The van der Waals surface area contributed by atoms with E-state index in [1.54, 1.807) is 6.20 Å². The van der Waals surface area contributed by atoms with Crippen LogP contribution in [0.1, 0.15) is 6.42 Å². The molecule has 0 aromatic carbocycles. The highest BCUT2D eigenvalue weighted by molar-refractivity contribution is 9.10. The lowest BCUT2D eigenvalue weighted by Crippen LogP contribution is -2.37. The molecule has 1 saturated heterocycles. The second-order valence-corrected chi connectivity index (χ2v) is 4.12. The largest absolute Gasteiger partial charge is 0.355 e. The highest BCUT2D eigenvalue weighted by atomic mass is 79.9. The first kappa shape index (κ1) is 8.32. The fourth-order valence-corrected chi connectivity index (χ4v) is 1.92. The van der Waals surface area contributed by atoms with E-state index in [-0.39, 0.29) is 0 Å². The Morgan fingerprint density at radius 1 is 1.50 bits per heavy atom. The lowest BCUT2D eigenvalue weighted by atomic mass is 10.2. The maximum absolute atomic E-state index is 6.00. The number of aromatic nitrogens is 1. The second-order valence-electron chi connectivity index (χ2n) is 2.80. The Bertz CT molecular complexity index is 299. The molecular weight excluding hydrogens is 239 g/mol. The van der Waals surface area contributed by atoms with E-state index in [0.717, 1.165) is 28.4 Å². The molecule has 64 valence electrons. The van der Waals surface area contributed by atoms with Gasteiger partial charge in [-0.15, -0.1) is 0 Å². The van der Waals surface area contributed by atoms with Gasteiger partial charge in [0.25, 0.3) is 0 Å². The number of hydrogen-bond donors (Lipinski definition) is 0. The van der Waals surface area contributed by atoms with Crippen molar-refractivity contribution in [2.75, 3.05) is 18.0 Å². The molecule has 12 heavy (non-hydrogen) atoms.